The average molecular weight is 382 g/mol. The van der Waals surface area contributed by atoms with Crippen molar-refractivity contribution in [2.45, 2.75) is 31.7 Å². The molecule has 2 amide bonds. The molecule has 0 bridgehead atoms. The minimum absolute atomic E-state index is 0.0368. The number of rotatable bonds is 5. The highest BCUT2D eigenvalue weighted by molar-refractivity contribution is 5.96. The normalized spacial score (nSPS) is 17.4. The van der Waals surface area contributed by atoms with Crippen molar-refractivity contribution in [3.63, 3.8) is 0 Å². The number of anilines is 1. The Kier molecular flexibility index (Phi) is 4.85. The van der Waals surface area contributed by atoms with E-state index in [0.29, 0.717) is 24.3 Å². The Morgan fingerprint density at radius 2 is 1.68 bits per heavy atom. The van der Waals surface area contributed by atoms with Crippen molar-refractivity contribution < 1.29 is 19.5 Å². The lowest BCUT2D eigenvalue weighted by atomic mass is 10.0. The number of nitrogens with one attached hydrogen (secondary N) is 1. The van der Waals surface area contributed by atoms with E-state index in [1.54, 1.807) is 40.0 Å². The van der Waals surface area contributed by atoms with Crippen LogP contribution in [0, 0.1) is 5.92 Å². The Labute approximate surface area is 162 Å². The van der Waals surface area contributed by atoms with Crippen LogP contribution in [0.15, 0.2) is 36.7 Å². The Balaban J connectivity index is 1.33. The van der Waals surface area contributed by atoms with Gasteiger partial charge in [0.1, 0.15) is 0 Å². The maximum absolute atomic E-state index is 12.7. The van der Waals surface area contributed by atoms with E-state index in [9.17, 15) is 14.4 Å². The summed E-state index contributed by atoms with van der Waals surface area (Å²) in [5.74, 6) is -0.837. The van der Waals surface area contributed by atoms with E-state index >= 15 is 0 Å². The van der Waals surface area contributed by atoms with Crippen LogP contribution in [0.4, 0.5) is 5.69 Å². The number of hydrogen-bond acceptors (Lipinski definition) is 4. The van der Waals surface area contributed by atoms with Crippen LogP contribution in [-0.2, 0) is 4.79 Å². The first-order valence-corrected chi connectivity index (χ1v) is 9.49. The van der Waals surface area contributed by atoms with Gasteiger partial charge in [-0.1, -0.05) is 0 Å². The molecule has 1 saturated carbocycles. The Morgan fingerprint density at radius 3 is 2.25 bits per heavy atom. The number of carboxylic acids is 1. The molecule has 0 unspecified atom stereocenters. The van der Waals surface area contributed by atoms with Gasteiger partial charge in [-0.2, -0.15) is 5.10 Å². The van der Waals surface area contributed by atoms with Crippen LogP contribution in [0.1, 0.15) is 52.4 Å². The van der Waals surface area contributed by atoms with Gasteiger partial charge in [-0.25, -0.2) is 4.79 Å². The smallest absolute Gasteiger partial charge is 0.338 e. The molecule has 2 fully saturated rings. The summed E-state index contributed by atoms with van der Waals surface area (Å²) in [5, 5.41) is 16.0. The number of likely N-dealkylation sites (tertiary alicyclic amines) is 1. The van der Waals surface area contributed by atoms with Crippen molar-refractivity contribution in [3.8, 4) is 0 Å². The number of benzene rings is 1. The van der Waals surface area contributed by atoms with Gasteiger partial charge >= 0.3 is 5.97 Å². The SMILES string of the molecule is O=C(O)c1cnn(C2CCN(C(=O)c3ccc(NC(=O)C4CC4)cc3)CC2)c1. The first kappa shape index (κ1) is 18.2. The zero-order valence-electron chi connectivity index (χ0n) is 15.4. The van der Waals surface area contributed by atoms with E-state index in [0.717, 1.165) is 25.7 Å². The molecular formula is C20H22N4O4. The van der Waals surface area contributed by atoms with Crippen molar-refractivity contribution in [3.05, 3.63) is 47.8 Å². The zero-order valence-corrected chi connectivity index (χ0v) is 15.4. The Hall–Kier alpha value is -3.16. The summed E-state index contributed by atoms with van der Waals surface area (Å²) < 4.78 is 1.68. The number of nitrogens with zero attached hydrogens (tertiary/aromatic N) is 3. The fourth-order valence-electron chi connectivity index (χ4n) is 3.45. The molecule has 8 heteroatoms. The quantitative estimate of drug-likeness (QED) is 0.826. The summed E-state index contributed by atoms with van der Waals surface area (Å²) in [6.45, 7) is 1.18. The number of hydrogen-bond donors (Lipinski definition) is 2. The van der Waals surface area contributed by atoms with E-state index < -0.39 is 5.97 Å². The van der Waals surface area contributed by atoms with E-state index in [-0.39, 0.29) is 29.3 Å². The number of aromatic carboxylic acids is 1. The Bertz CT molecular complexity index is 893. The van der Waals surface area contributed by atoms with Crippen LogP contribution >= 0.6 is 0 Å². The molecular weight excluding hydrogens is 360 g/mol. The third-order valence-electron chi connectivity index (χ3n) is 5.32. The summed E-state index contributed by atoms with van der Waals surface area (Å²) in [4.78, 5) is 37.3. The van der Waals surface area contributed by atoms with Crippen molar-refractivity contribution >= 4 is 23.5 Å². The first-order chi connectivity index (χ1) is 13.5. The molecule has 146 valence electrons. The highest BCUT2D eigenvalue weighted by atomic mass is 16.4. The van der Waals surface area contributed by atoms with Gasteiger partial charge in [0.15, 0.2) is 0 Å². The largest absolute Gasteiger partial charge is 0.478 e. The molecule has 0 spiro atoms. The fourth-order valence-corrected chi connectivity index (χ4v) is 3.45. The molecule has 1 saturated heterocycles. The molecule has 2 heterocycles. The second-order valence-electron chi connectivity index (χ2n) is 7.38. The molecule has 2 N–H and O–H groups in total. The lowest BCUT2D eigenvalue weighted by Crippen LogP contribution is -2.39. The van der Waals surface area contributed by atoms with Gasteiger partial charge < -0.3 is 15.3 Å². The zero-order chi connectivity index (χ0) is 19.7. The van der Waals surface area contributed by atoms with E-state index in [1.807, 2.05) is 0 Å². The van der Waals surface area contributed by atoms with Gasteiger partial charge in [0.05, 0.1) is 17.8 Å². The third-order valence-corrected chi connectivity index (χ3v) is 5.32. The van der Waals surface area contributed by atoms with Crippen molar-refractivity contribution in [2.24, 2.45) is 5.92 Å². The standard InChI is InChI=1S/C20H22N4O4/c25-18(13-1-2-13)22-16-5-3-14(4-6-16)19(26)23-9-7-17(8-10-23)24-12-15(11-21-24)20(27)28/h3-6,11-13,17H,1-2,7-10H2,(H,22,25)(H,27,28). The minimum atomic E-state index is -0.990. The van der Waals surface area contributed by atoms with Gasteiger partial charge in [-0.3, -0.25) is 14.3 Å². The van der Waals surface area contributed by atoms with Crippen LogP contribution in [0.5, 0.6) is 0 Å². The maximum atomic E-state index is 12.7. The molecule has 2 aliphatic rings. The molecule has 28 heavy (non-hydrogen) atoms. The molecule has 1 aliphatic carbocycles. The predicted octanol–water partition coefficient (Wildman–Crippen LogP) is 2.41. The van der Waals surface area contributed by atoms with Gasteiger partial charge in [-0.15, -0.1) is 0 Å². The van der Waals surface area contributed by atoms with E-state index in [1.165, 1.54) is 6.20 Å². The third kappa shape index (κ3) is 3.90. The van der Waals surface area contributed by atoms with Crippen LogP contribution < -0.4 is 5.32 Å². The first-order valence-electron chi connectivity index (χ1n) is 9.49. The highest BCUT2D eigenvalue weighted by Gasteiger charge is 2.29. The topological polar surface area (TPSA) is 105 Å². The number of piperidine rings is 1. The Morgan fingerprint density at radius 1 is 1.00 bits per heavy atom. The van der Waals surface area contributed by atoms with E-state index in [4.69, 9.17) is 5.11 Å². The van der Waals surface area contributed by atoms with Crippen LogP contribution in [-0.4, -0.2) is 50.7 Å². The van der Waals surface area contributed by atoms with Crippen molar-refractivity contribution in [1.29, 1.82) is 0 Å². The van der Waals surface area contributed by atoms with Crippen LogP contribution in [0.2, 0.25) is 0 Å². The molecule has 0 radical (unpaired) electrons. The predicted molar refractivity (Wildman–Crippen MR) is 101 cm³/mol. The second kappa shape index (κ2) is 7.46. The van der Waals surface area contributed by atoms with Crippen LogP contribution in [0.25, 0.3) is 0 Å². The van der Waals surface area contributed by atoms with Crippen molar-refractivity contribution in [1.82, 2.24) is 14.7 Å². The van der Waals surface area contributed by atoms with E-state index in [2.05, 4.69) is 10.4 Å². The summed E-state index contributed by atoms with van der Waals surface area (Å²) in [6, 6.07) is 7.10. The highest BCUT2D eigenvalue weighted by Crippen LogP contribution is 2.30. The average Bonchev–Trinajstić information content (AvgIpc) is 3.44. The lowest BCUT2D eigenvalue weighted by molar-refractivity contribution is -0.117. The number of carbonyl (C=O) groups excluding carboxylic acids is 2. The summed E-state index contributed by atoms with van der Waals surface area (Å²) in [6.07, 6.45) is 6.25. The molecule has 4 rings (SSSR count). The molecule has 1 aliphatic heterocycles. The number of carboxylic acid groups (broad SMARTS) is 1. The minimum Gasteiger partial charge on any atom is -0.478 e. The summed E-state index contributed by atoms with van der Waals surface area (Å²) >= 11 is 0. The van der Waals surface area contributed by atoms with Gasteiger partial charge in [0.25, 0.3) is 5.91 Å². The molecule has 1 aromatic carbocycles. The second-order valence-corrected chi connectivity index (χ2v) is 7.38. The van der Waals surface area contributed by atoms with Crippen molar-refractivity contribution in [2.75, 3.05) is 18.4 Å². The summed E-state index contributed by atoms with van der Waals surface area (Å²) in [7, 11) is 0. The maximum Gasteiger partial charge on any atom is 0.338 e. The lowest BCUT2D eigenvalue weighted by Gasteiger charge is -2.32. The van der Waals surface area contributed by atoms with Gasteiger partial charge in [0.2, 0.25) is 5.91 Å². The molecule has 0 atom stereocenters. The number of amides is 2. The van der Waals surface area contributed by atoms with Gasteiger partial charge in [-0.05, 0) is 49.9 Å². The number of aromatic nitrogens is 2. The molecule has 8 nitrogen and oxygen atoms in total. The fraction of sp³-hybridized carbons (Fsp3) is 0.400. The van der Waals surface area contributed by atoms with Gasteiger partial charge in [0, 0.05) is 36.5 Å². The molecule has 1 aromatic heterocycles. The monoisotopic (exact) mass is 382 g/mol. The van der Waals surface area contributed by atoms with Crippen LogP contribution in [0.3, 0.4) is 0 Å². The summed E-state index contributed by atoms with van der Waals surface area (Å²) in [5.41, 5.74) is 1.47. The molecule has 2 aromatic rings. The number of carbonyl (C=O) groups is 3.